The Balaban J connectivity index is 2.26. The number of amides is 1. The second-order valence-electron chi connectivity index (χ2n) is 3.28. The fourth-order valence-electron chi connectivity index (χ4n) is 1.58. The molecule has 1 amide bonds. The topological polar surface area (TPSA) is 77.8 Å². The Labute approximate surface area is 86.0 Å². The van der Waals surface area contributed by atoms with Crippen molar-refractivity contribution in [1.29, 1.82) is 0 Å². The van der Waals surface area contributed by atoms with Crippen molar-refractivity contribution in [3.63, 3.8) is 0 Å². The molecule has 0 radical (unpaired) electrons. The van der Waals surface area contributed by atoms with Gasteiger partial charge in [0.25, 0.3) is 0 Å². The van der Waals surface area contributed by atoms with Crippen LogP contribution in [0.25, 0.3) is 0 Å². The lowest BCUT2D eigenvalue weighted by Crippen LogP contribution is -2.28. The Morgan fingerprint density at radius 3 is 2.86 bits per heavy atom. The molecule has 2 unspecified atom stereocenters. The van der Waals surface area contributed by atoms with Crippen LogP contribution in [0.1, 0.15) is 19.3 Å². The van der Waals surface area contributed by atoms with Gasteiger partial charge in [-0.1, -0.05) is 0 Å². The van der Waals surface area contributed by atoms with Crippen LogP contribution in [-0.2, 0) is 9.59 Å². The summed E-state index contributed by atoms with van der Waals surface area (Å²) in [7, 11) is 0. The minimum atomic E-state index is -0.824. The zero-order valence-corrected chi connectivity index (χ0v) is 8.44. The zero-order chi connectivity index (χ0) is 10.6. The van der Waals surface area contributed by atoms with Gasteiger partial charge in [-0.2, -0.15) is 0 Å². The first-order chi connectivity index (χ1) is 6.63. The highest BCUT2D eigenvalue weighted by atomic mass is 32.2. The number of aliphatic carboxylic acids is 1. The van der Waals surface area contributed by atoms with E-state index in [1.54, 1.807) is 0 Å². The molecule has 5 nitrogen and oxygen atoms in total. The first-order valence-electron chi connectivity index (χ1n) is 4.39. The molecule has 0 heterocycles. The maximum Gasteiger partial charge on any atom is 0.313 e. The van der Waals surface area contributed by atoms with Gasteiger partial charge in [0.2, 0.25) is 6.41 Å². The van der Waals surface area contributed by atoms with Gasteiger partial charge in [-0.15, -0.1) is 11.8 Å². The third-order valence-electron chi connectivity index (χ3n) is 2.28. The van der Waals surface area contributed by atoms with Crippen LogP contribution in [0.4, 0.5) is 0 Å². The minimum absolute atomic E-state index is 0.0872. The van der Waals surface area contributed by atoms with E-state index in [9.17, 15) is 9.59 Å². The second-order valence-corrected chi connectivity index (χ2v) is 4.57. The van der Waals surface area contributed by atoms with E-state index in [0.29, 0.717) is 17.9 Å². The smallest absolute Gasteiger partial charge is 0.313 e. The molecular weight excluding hydrogens is 206 g/mol. The number of carboxylic acids is 1. The van der Waals surface area contributed by atoms with Crippen LogP contribution in [0.15, 0.2) is 0 Å². The Kier molecular flexibility index (Phi) is 4.21. The Bertz CT molecular complexity index is 223. The number of rotatable bonds is 5. The van der Waals surface area contributed by atoms with E-state index in [0.717, 1.165) is 12.8 Å². The molecule has 0 bridgehead atoms. The molecule has 2 N–H and O–H groups in total. The Morgan fingerprint density at radius 2 is 2.29 bits per heavy atom. The molecule has 0 spiro atoms. The number of hydrogen-bond acceptors (Lipinski definition) is 4. The highest BCUT2D eigenvalue weighted by molar-refractivity contribution is 8.00. The number of hydroxylamine groups is 2. The van der Waals surface area contributed by atoms with Crippen molar-refractivity contribution in [2.45, 2.75) is 30.6 Å². The van der Waals surface area contributed by atoms with Crippen molar-refractivity contribution in [1.82, 2.24) is 5.06 Å². The van der Waals surface area contributed by atoms with Crippen LogP contribution in [0.5, 0.6) is 0 Å². The van der Waals surface area contributed by atoms with Gasteiger partial charge in [0, 0.05) is 5.25 Å². The van der Waals surface area contributed by atoms with Crippen LogP contribution in [0, 0.1) is 0 Å². The summed E-state index contributed by atoms with van der Waals surface area (Å²) in [5.74, 6) is -0.737. The standard InChI is InChI=1S/C8H13NO4S/c10-5-9(13)6-1-2-7(3-6)14-4-8(11)12/h5-7,13H,1-4H2,(H,11,12). The normalized spacial score (nSPS) is 26.1. The predicted octanol–water partition coefficient (Wildman–Crippen LogP) is 0.573. The summed E-state index contributed by atoms with van der Waals surface area (Å²) < 4.78 is 0. The van der Waals surface area contributed by atoms with Gasteiger partial charge in [0.1, 0.15) is 0 Å². The van der Waals surface area contributed by atoms with Gasteiger partial charge in [0.15, 0.2) is 0 Å². The van der Waals surface area contributed by atoms with E-state index in [1.807, 2.05) is 0 Å². The Morgan fingerprint density at radius 1 is 1.57 bits per heavy atom. The van der Waals surface area contributed by atoms with Crippen molar-refractivity contribution in [2.75, 3.05) is 5.75 Å². The van der Waals surface area contributed by atoms with E-state index in [2.05, 4.69) is 0 Å². The van der Waals surface area contributed by atoms with Crippen LogP contribution < -0.4 is 0 Å². The molecule has 0 saturated heterocycles. The molecular formula is C8H13NO4S. The quantitative estimate of drug-likeness (QED) is 0.401. The van der Waals surface area contributed by atoms with Gasteiger partial charge in [0.05, 0.1) is 11.8 Å². The molecule has 14 heavy (non-hydrogen) atoms. The zero-order valence-electron chi connectivity index (χ0n) is 7.63. The summed E-state index contributed by atoms with van der Waals surface area (Å²) in [5, 5.41) is 18.5. The van der Waals surface area contributed by atoms with Crippen LogP contribution in [0.3, 0.4) is 0 Å². The third kappa shape index (κ3) is 3.19. The average molecular weight is 219 g/mol. The number of hydrogen-bond donors (Lipinski definition) is 2. The van der Waals surface area contributed by atoms with Gasteiger partial charge in [-0.3, -0.25) is 14.8 Å². The van der Waals surface area contributed by atoms with Crippen LogP contribution >= 0.6 is 11.8 Å². The van der Waals surface area contributed by atoms with E-state index < -0.39 is 5.97 Å². The molecule has 2 atom stereocenters. The summed E-state index contributed by atoms with van der Waals surface area (Å²) in [6.45, 7) is 0. The number of carboxylic acid groups (broad SMARTS) is 1. The largest absolute Gasteiger partial charge is 0.481 e. The SMILES string of the molecule is O=CN(O)C1CCC(SCC(=O)O)C1. The number of carbonyl (C=O) groups excluding carboxylic acids is 1. The lowest BCUT2D eigenvalue weighted by Gasteiger charge is -2.16. The lowest BCUT2D eigenvalue weighted by molar-refractivity contribution is -0.159. The molecule has 1 aliphatic rings. The highest BCUT2D eigenvalue weighted by Gasteiger charge is 2.28. The van der Waals surface area contributed by atoms with Crippen molar-refractivity contribution >= 4 is 24.1 Å². The van der Waals surface area contributed by atoms with E-state index in [1.165, 1.54) is 11.8 Å². The van der Waals surface area contributed by atoms with Crippen molar-refractivity contribution in [2.24, 2.45) is 0 Å². The third-order valence-corrected chi connectivity index (χ3v) is 3.59. The van der Waals surface area contributed by atoms with Gasteiger partial charge < -0.3 is 5.11 Å². The summed E-state index contributed by atoms with van der Waals surface area (Å²) in [6.07, 6.45) is 2.67. The van der Waals surface area contributed by atoms with E-state index in [-0.39, 0.29) is 17.0 Å². The number of carbonyl (C=O) groups is 2. The Hall–Kier alpha value is -0.750. The first-order valence-corrected chi connectivity index (χ1v) is 5.44. The average Bonchev–Trinajstić information content (AvgIpc) is 2.62. The van der Waals surface area contributed by atoms with Gasteiger partial charge >= 0.3 is 5.97 Å². The van der Waals surface area contributed by atoms with Gasteiger partial charge in [-0.05, 0) is 19.3 Å². The van der Waals surface area contributed by atoms with Crippen molar-refractivity contribution in [3.05, 3.63) is 0 Å². The molecule has 80 valence electrons. The van der Waals surface area contributed by atoms with Gasteiger partial charge in [-0.25, -0.2) is 5.06 Å². The summed E-state index contributed by atoms with van der Waals surface area (Å²) >= 11 is 1.37. The van der Waals surface area contributed by atoms with Crippen LogP contribution in [-0.4, -0.2) is 44.8 Å². The molecule has 0 aromatic carbocycles. The lowest BCUT2D eigenvalue weighted by atomic mass is 10.2. The maximum absolute atomic E-state index is 10.3. The number of thioether (sulfide) groups is 1. The predicted molar refractivity (Wildman–Crippen MR) is 51.2 cm³/mol. The fourth-order valence-corrected chi connectivity index (χ4v) is 2.62. The first kappa shape index (κ1) is 11.3. The summed E-state index contributed by atoms with van der Waals surface area (Å²) in [4.78, 5) is 20.5. The molecule has 0 aliphatic heterocycles. The molecule has 0 aromatic rings. The second kappa shape index (κ2) is 5.21. The fraction of sp³-hybridized carbons (Fsp3) is 0.750. The summed E-state index contributed by atoms with van der Waals surface area (Å²) in [5.41, 5.74) is 0. The summed E-state index contributed by atoms with van der Waals surface area (Å²) in [6, 6.07) is -0.140. The van der Waals surface area contributed by atoms with Crippen molar-refractivity contribution in [3.8, 4) is 0 Å². The monoisotopic (exact) mass is 219 g/mol. The minimum Gasteiger partial charge on any atom is -0.481 e. The highest BCUT2D eigenvalue weighted by Crippen LogP contribution is 2.31. The molecule has 1 fully saturated rings. The van der Waals surface area contributed by atoms with E-state index in [4.69, 9.17) is 10.3 Å². The van der Waals surface area contributed by atoms with E-state index >= 15 is 0 Å². The molecule has 1 aliphatic carbocycles. The number of nitrogens with zero attached hydrogens (tertiary/aromatic N) is 1. The van der Waals surface area contributed by atoms with Crippen LogP contribution in [0.2, 0.25) is 0 Å². The molecule has 0 aromatic heterocycles. The molecule has 6 heteroatoms. The van der Waals surface area contributed by atoms with Crippen molar-refractivity contribution < 1.29 is 19.9 Å². The maximum atomic E-state index is 10.3. The molecule has 1 rings (SSSR count). The molecule has 1 saturated carbocycles.